The fourth-order valence-corrected chi connectivity index (χ4v) is 6.96. The Hall–Kier alpha value is -4.58. The summed E-state index contributed by atoms with van der Waals surface area (Å²) in [6, 6.07) is 2.92. The number of H-pyrrole nitrogens is 1. The molecule has 1 aromatic carbocycles. The highest BCUT2D eigenvalue weighted by Crippen LogP contribution is 2.47. The number of benzene rings is 1. The minimum atomic E-state index is -1.33. The van der Waals surface area contributed by atoms with E-state index in [0.29, 0.717) is 57.2 Å². The first-order valence-electron chi connectivity index (χ1n) is 13.9. The molecule has 2 unspecified atom stereocenters. The van der Waals surface area contributed by atoms with Crippen molar-refractivity contribution in [2.24, 2.45) is 13.0 Å². The maximum absolute atomic E-state index is 15.7. The standard InChI is InChI=1S/C30H29F2N7O3/c1-33-20-9-19(31)24(32)22-23-26(39-7-4-14-12-37(2)6-5-21(14)39)17(11-34-28(23)36-25(20)22)15-8-16-27(40)18(30(41)42)13-38(3)29(16)35-10-15/h8-11,13-14,21,33H,4-7,12H2,1-3H3,(H,34,36)(H,41,42). The number of likely N-dealkylation sites (tertiary alicyclic amines) is 1. The van der Waals surface area contributed by atoms with Crippen LogP contribution in [0.25, 0.3) is 44.1 Å². The monoisotopic (exact) mass is 573 g/mol. The fourth-order valence-electron chi connectivity index (χ4n) is 6.96. The maximum atomic E-state index is 15.7. The van der Waals surface area contributed by atoms with E-state index in [2.05, 4.69) is 37.1 Å². The zero-order chi connectivity index (χ0) is 29.4. The number of fused-ring (bicyclic) bond motifs is 5. The molecule has 5 aromatic rings. The van der Waals surface area contributed by atoms with Crippen molar-refractivity contribution in [1.29, 1.82) is 0 Å². The second kappa shape index (κ2) is 9.48. The second-order valence-electron chi connectivity index (χ2n) is 11.3. The molecule has 216 valence electrons. The van der Waals surface area contributed by atoms with Crippen LogP contribution in [-0.2, 0) is 7.05 Å². The van der Waals surface area contributed by atoms with Crippen LogP contribution < -0.4 is 15.6 Å². The summed E-state index contributed by atoms with van der Waals surface area (Å²) in [4.78, 5) is 42.0. The number of anilines is 2. The normalized spacial score (nSPS) is 19.2. The number of nitrogens with one attached hydrogen (secondary N) is 2. The molecule has 2 aliphatic rings. The van der Waals surface area contributed by atoms with Gasteiger partial charge in [-0.2, -0.15) is 0 Å². The molecule has 0 radical (unpaired) electrons. The quantitative estimate of drug-likeness (QED) is 0.293. The zero-order valence-electron chi connectivity index (χ0n) is 23.3. The van der Waals surface area contributed by atoms with Crippen LogP contribution in [0.4, 0.5) is 20.2 Å². The highest BCUT2D eigenvalue weighted by Gasteiger charge is 2.40. The molecule has 3 N–H and O–H groups in total. The van der Waals surface area contributed by atoms with Crippen LogP contribution in [0, 0.1) is 17.6 Å². The number of pyridine rings is 3. The molecule has 4 aromatic heterocycles. The number of aromatic nitrogens is 4. The third-order valence-electron chi connectivity index (χ3n) is 8.91. The van der Waals surface area contributed by atoms with E-state index in [9.17, 15) is 19.1 Å². The van der Waals surface area contributed by atoms with Crippen molar-refractivity contribution in [2.45, 2.75) is 18.9 Å². The Morgan fingerprint density at radius 2 is 1.93 bits per heavy atom. The lowest BCUT2D eigenvalue weighted by atomic mass is 9.92. The van der Waals surface area contributed by atoms with Crippen LogP contribution in [0.3, 0.4) is 0 Å². The SMILES string of the molecule is CNc1cc(F)c(F)c2c1[nH]c1ncc(-c3cnc4c(c3)c(=O)c(C(=O)O)cn4C)c(N3CCC4CN(C)CCC43)c12. The summed E-state index contributed by atoms with van der Waals surface area (Å²) in [7, 11) is 5.39. The minimum absolute atomic E-state index is 0.105. The minimum Gasteiger partial charge on any atom is -0.477 e. The Labute approximate surface area is 238 Å². The summed E-state index contributed by atoms with van der Waals surface area (Å²) in [6.07, 6.45) is 6.38. The summed E-state index contributed by atoms with van der Waals surface area (Å²) in [5.74, 6) is -2.86. The molecule has 2 atom stereocenters. The molecule has 0 saturated carbocycles. The highest BCUT2D eigenvalue weighted by molar-refractivity contribution is 6.18. The smallest absolute Gasteiger partial charge is 0.341 e. The topological polar surface area (TPSA) is 119 Å². The largest absolute Gasteiger partial charge is 0.477 e. The summed E-state index contributed by atoms with van der Waals surface area (Å²) < 4.78 is 32.2. The average molecular weight is 574 g/mol. The zero-order valence-corrected chi connectivity index (χ0v) is 23.3. The number of hydrogen-bond donors (Lipinski definition) is 3. The Balaban J connectivity index is 1.56. The van der Waals surface area contributed by atoms with E-state index in [1.165, 1.54) is 10.8 Å². The van der Waals surface area contributed by atoms with E-state index < -0.39 is 23.0 Å². The number of carbonyl (C=O) groups is 1. The first-order chi connectivity index (χ1) is 20.2. The van der Waals surface area contributed by atoms with E-state index in [0.717, 1.165) is 32.0 Å². The number of aromatic carboxylic acids is 1. The number of nitrogens with zero attached hydrogens (tertiary/aromatic N) is 5. The number of halogens is 2. The van der Waals surface area contributed by atoms with E-state index in [4.69, 9.17) is 0 Å². The Bertz CT molecular complexity index is 2000. The van der Waals surface area contributed by atoms with Gasteiger partial charge in [0.1, 0.15) is 16.9 Å². The van der Waals surface area contributed by atoms with Gasteiger partial charge >= 0.3 is 5.97 Å². The van der Waals surface area contributed by atoms with Gasteiger partial charge in [0.25, 0.3) is 0 Å². The summed E-state index contributed by atoms with van der Waals surface area (Å²) in [5.41, 5.74) is 2.40. The van der Waals surface area contributed by atoms with Gasteiger partial charge in [-0.15, -0.1) is 0 Å². The van der Waals surface area contributed by atoms with Gasteiger partial charge in [0.2, 0.25) is 5.43 Å². The van der Waals surface area contributed by atoms with E-state index in [1.54, 1.807) is 32.6 Å². The van der Waals surface area contributed by atoms with Crippen molar-refractivity contribution in [3.63, 3.8) is 0 Å². The van der Waals surface area contributed by atoms with Crippen molar-refractivity contribution in [2.75, 3.05) is 43.9 Å². The predicted octanol–water partition coefficient (Wildman–Crippen LogP) is 4.18. The van der Waals surface area contributed by atoms with Gasteiger partial charge in [-0.3, -0.25) is 4.79 Å². The summed E-state index contributed by atoms with van der Waals surface area (Å²) >= 11 is 0. The maximum Gasteiger partial charge on any atom is 0.341 e. The molecule has 0 spiro atoms. The number of hydrogen-bond acceptors (Lipinski definition) is 7. The van der Waals surface area contributed by atoms with Gasteiger partial charge in [0.05, 0.1) is 33.1 Å². The number of aryl methyl sites for hydroxylation is 1. The van der Waals surface area contributed by atoms with Crippen LogP contribution in [0.2, 0.25) is 0 Å². The van der Waals surface area contributed by atoms with Crippen molar-refractivity contribution < 1.29 is 18.7 Å². The molecule has 42 heavy (non-hydrogen) atoms. The van der Waals surface area contributed by atoms with Gasteiger partial charge in [0, 0.05) is 69.0 Å². The molecular formula is C30H29F2N7O3. The molecule has 10 nitrogen and oxygen atoms in total. The van der Waals surface area contributed by atoms with Gasteiger partial charge in [-0.25, -0.2) is 23.5 Å². The molecule has 0 bridgehead atoms. The predicted molar refractivity (Wildman–Crippen MR) is 157 cm³/mol. The molecular weight excluding hydrogens is 544 g/mol. The van der Waals surface area contributed by atoms with E-state index >= 15 is 4.39 Å². The van der Waals surface area contributed by atoms with Crippen LogP contribution in [0.1, 0.15) is 23.2 Å². The molecule has 7 rings (SSSR count). The average Bonchev–Trinajstić information content (AvgIpc) is 3.57. The molecule has 12 heteroatoms. The van der Waals surface area contributed by atoms with Crippen molar-refractivity contribution >= 4 is 50.3 Å². The number of aromatic amines is 1. The van der Waals surface area contributed by atoms with Gasteiger partial charge in [0.15, 0.2) is 11.6 Å². The fraction of sp³-hybridized carbons (Fsp3) is 0.333. The Morgan fingerprint density at radius 1 is 1.12 bits per heavy atom. The molecule has 2 fully saturated rings. The lowest BCUT2D eigenvalue weighted by Gasteiger charge is -2.38. The highest BCUT2D eigenvalue weighted by atomic mass is 19.2. The Kier molecular flexibility index (Phi) is 5.94. The molecule has 6 heterocycles. The first kappa shape index (κ1) is 26.3. The summed E-state index contributed by atoms with van der Waals surface area (Å²) in [5, 5.41) is 13.3. The molecule has 2 aliphatic heterocycles. The number of carboxylic acids is 1. The number of rotatable bonds is 4. The second-order valence-corrected chi connectivity index (χ2v) is 11.3. The third-order valence-corrected chi connectivity index (χ3v) is 8.91. The van der Waals surface area contributed by atoms with Crippen molar-refractivity contribution in [1.82, 2.24) is 24.4 Å². The third kappa shape index (κ3) is 3.78. The number of piperidine rings is 1. The number of carboxylic acid groups (broad SMARTS) is 1. The van der Waals surface area contributed by atoms with Gasteiger partial charge in [-0.1, -0.05) is 0 Å². The lowest BCUT2D eigenvalue weighted by Crippen LogP contribution is -2.44. The molecule has 0 amide bonds. The molecule has 0 aliphatic carbocycles. The van der Waals surface area contributed by atoms with Crippen molar-refractivity contribution in [3.8, 4) is 11.1 Å². The van der Waals surface area contributed by atoms with Crippen LogP contribution >= 0.6 is 0 Å². The van der Waals surface area contributed by atoms with Crippen LogP contribution in [0.15, 0.2) is 35.5 Å². The van der Waals surface area contributed by atoms with Crippen molar-refractivity contribution in [3.05, 3.63) is 58.1 Å². The van der Waals surface area contributed by atoms with Gasteiger partial charge in [-0.05, 0) is 38.4 Å². The van der Waals surface area contributed by atoms with E-state index in [1.807, 2.05) is 0 Å². The Morgan fingerprint density at radius 3 is 2.69 bits per heavy atom. The summed E-state index contributed by atoms with van der Waals surface area (Å²) in [6.45, 7) is 2.56. The van der Waals surface area contributed by atoms with E-state index in [-0.39, 0.29) is 22.4 Å². The molecule has 2 saturated heterocycles. The van der Waals surface area contributed by atoms with Gasteiger partial charge < -0.3 is 29.8 Å². The lowest BCUT2D eigenvalue weighted by molar-refractivity contribution is 0.0695. The van der Waals surface area contributed by atoms with Crippen LogP contribution in [0.5, 0.6) is 0 Å². The first-order valence-corrected chi connectivity index (χ1v) is 13.9. The van der Waals surface area contributed by atoms with Crippen LogP contribution in [-0.4, -0.2) is 75.3 Å².